The number of esters is 1. The third kappa shape index (κ3) is 5.41. The highest BCUT2D eigenvalue weighted by Crippen LogP contribution is 2.19. The van der Waals surface area contributed by atoms with Gasteiger partial charge in [-0.15, -0.1) is 0 Å². The maximum Gasteiger partial charge on any atom is 0.337 e. The SMILES string of the molecule is COC(=O)c1ccc(COc2ccccc2C=NNc2cccc([N+](=O)[O-])c2)cc1. The van der Waals surface area contributed by atoms with E-state index in [1.165, 1.54) is 19.2 Å². The second kappa shape index (κ2) is 9.83. The monoisotopic (exact) mass is 405 g/mol. The fraction of sp³-hybridized carbons (Fsp3) is 0.0909. The number of nitrogens with zero attached hydrogens (tertiary/aromatic N) is 2. The quantitative estimate of drug-likeness (QED) is 0.258. The van der Waals surface area contributed by atoms with Gasteiger partial charge in [-0.3, -0.25) is 15.5 Å². The number of hydrazone groups is 1. The Morgan fingerprint density at radius 1 is 1.10 bits per heavy atom. The molecule has 0 amide bonds. The minimum Gasteiger partial charge on any atom is -0.488 e. The number of carbonyl (C=O) groups excluding carboxylic acids is 1. The summed E-state index contributed by atoms with van der Waals surface area (Å²) in [6.45, 7) is 0.310. The minimum atomic E-state index is -0.463. The van der Waals surface area contributed by atoms with E-state index in [-0.39, 0.29) is 11.7 Å². The second-order valence-electron chi connectivity index (χ2n) is 6.19. The number of carbonyl (C=O) groups is 1. The van der Waals surface area contributed by atoms with Gasteiger partial charge in [0.2, 0.25) is 0 Å². The first-order valence-electron chi connectivity index (χ1n) is 8.99. The van der Waals surface area contributed by atoms with Gasteiger partial charge in [0, 0.05) is 17.7 Å². The third-order valence-corrected chi connectivity index (χ3v) is 4.14. The summed E-state index contributed by atoms with van der Waals surface area (Å²) in [4.78, 5) is 21.9. The third-order valence-electron chi connectivity index (χ3n) is 4.14. The maximum absolute atomic E-state index is 11.5. The largest absolute Gasteiger partial charge is 0.488 e. The van der Waals surface area contributed by atoms with Crippen molar-refractivity contribution >= 4 is 23.6 Å². The number of methoxy groups -OCH3 is 1. The van der Waals surface area contributed by atoms with Gasteiger partial charge in [0.25, 0.3) is 5.69 Å². The zero-order valence-corrected chi connectivity index (χ0v) is 16.1. The van der Waals surface area contributed by atoms with E-state index in [1.54, 1.807) is 42.6 Å². The van der Waals surface area contributed by atoms with Crippen LogP contribution in [0.1, 0.15) is 21.5 Å². The Hall–Kier alpha value is -4.20. The van der Waals surface area contributed by atoms with Crippen LogP contribution in [0.3, 0.4) is 0 Å². The molecule has 0 saturated heterocycles. The molecule has 152 valence electrons. The van der Waals surface area contributed by atoms with Crippen molar-refractivity contribution in [1.29, 1.82) is 0 Å². The summed E-state index contributed by atoms with van der Waals surface area (Å²) in [6.07, 6.45) is 1.58. The predicted octanol–water partition coefficient (Wildman–Crippen LogP) is 4.41. The lowest BCUT2D eigenvalue weighted by molar-refractivity contribution is -0.384. The topological polar surface area (TPSA) is 103 Å². The number of benzene rings is 3. The number of rotatable bonds is 8. The molecule has 0 spiro atoms. The summed E-state index contributed by atoms with van der Waals surface area (Å²) < 4.78 is 10.6. The van der Waals surface area contributed by atoms with E-state index in [4.69, 9.17) is 4.74 Å². The number of ether oxygens (including phenoxy) is 2. The molecular weight excluding hydrogens is 386 g/mol. The van der Waals surface area contributed by atoms with Gasteiger partial charge < -0.3 is 9.47 Å². The molecule has 1 N–H and O–H groups in total. The highest BCUT2D eigenvalue weighted by Gasteiger charge is 2.07. The average molecular weight is 405 g/mol. The smallest absolute Gasteiger partial charge is 0.337 e. The van der Waals surface area contributed by atoms with E-state index >= 15 is 0 Å². The van der Waals surface area contributed by atoms with Gasteiger partial charge in [-0.05, 0) is 35.9 Å². The molecule has 0 radical (unpaired) electrons. The van der Waals surface area contributed by atoms with Gasteiger partial charge in [-0.2, -0.15) is 5.10 Å². The number of hydrogen-bond donors (Lipinski definition) is 1. The van der Waals surface area contributed by atoms with Crippen LogP contribution in [0.2, 0.25) is 0 Å². The molecule has 8 heteroatoms. The lowest BCUT2D eigenvalue weighted by Gasteiger charge is -2.09. The van der Waals surface area contributed by atoms with Crippen molar-refractivity contribution in [2.24, 2.45) is 5.10 Å². The Labute approximate surface area is 172 Å². The van der Waals surface area contributed by atoms with E-state index in [2.05, 4.69) is 15.3 Å². The first kappa shape index (κ1) is 20.5. The van der Waals surface area contributed by atoms with Gasteiger partial charge >= 0.3 is 5.97 Å². The molecule has 0 saturated carbocycles. The van der Waals surface area contributed by atoms with Crippen LogP contribution in [-0.4, -0.2) is 24.2 Å². The molecule has 3 rings (SSSR count). The molecule has 0 atom stereocenters. The molecule has 8 nitrogen and oxygen atoms in total. The van der Waals surface area contributed by atoms with Gasteiger partial charge in [0.1, 0.15) is 12.4 Å². The van der Waals surface area contributed by atoms with Crippen molar-refractivity contribution in [3.63, 3.8) is 0 Å². The van der Waals surface area contributed by atoms with Crippen molar-refractivity contribution in [2.45, 2.75) is 6.61 Å². The fourth-order valence-electron chi connectivity index (χ4n) is 2.60. The minimum absolute atomic E-state index is 0.0165. The van der Waals surface area contributed by atoms with Crippen LogP contribution in [-0.2, 0) is 11.3 Å². The van der Waals surface area contributed by atoms with Crippen molar-refractivity contribution in [1.82, 2.24) is 0 Å². The molecule has 0 aliphatic carbocycles. The van der Waals surface area contributed by atoms with E-state index < -0.39 is 4.92 Å². The Bertz CT molecular complexity index is 1060. The first-order chi connectivity index (χ1) is 14.6. The Kier molecular flexibility index (Phi) is 6.73. The van der Waals surface area contributed by atoms with Crippen molar-refractivity contribution in [3.05, 3.63) is 99.6 Å². The van der Waals surface area contributed by atoms with Crippen molar-refractivity contribution in [2.75, 3.05) is 12.5 Å². The molecule has 0 heterocycles. The second-order valence-corrected chi connectivity index (χ2v) is 6.19. The maximum atomic E-state index is 11.5. The predicted molar refractivity (Wildman–Crippen MR) is 113 cm³/mol. The lowest BCUT2D eigenvalue weighted by Crippen LogP contribution is -2.02. The van der Waals surface area contributed by atoms with Gasteiger partial charge in [-0.1, -0.05) is 30.3 Å². The van der Waals surface area contributed by atoms with Crippen LogP contribution >= 0.6 is 0 Å². The van der Waals surface area contributed by atoms with Crippen LogP contribution in [0.4, 0.5) is 11.4 Å². The number of nitrogens with one attached hydrogen (secondary N) is 1. The van der Waals surface area contributed by atoms with Gasteiger partial charge in [-0.25, -0.2) is 4.79 Å². The highest BCUT2D eigenvalue weighted by molar-refractivity contribution is 5.89. The lowest BCUT2D eigenvalue weighted by atomic mass is 10.1. The summed E-state index contributed by atoms with van der Waals surface area (Å²) in [5.74, 6) is 0.236. The molecule has 0 unspecified atom stereocenters. The summed E-state index contributed by atoms with van der Waals surface area (Å²) in [7, 11) is 1.34. The van der Waals surface area contributed by atoms with Gasteiger partial charge in [0.05, 0.1) is 29.5 Å². The number of para-hydroxylation sites is 1. The Balaban J connectivity index is 1.64. The highest BCUT2D eigenvalue weighted by atomic mass is 16.6. The van der Waals surface area contributed by atoms with E-state index in [9.17, 15) is 14.9 Å². The van der Waals surface area contributed by atoms with Crippen LogP contribution in [0, 0.1) is 10.1 Å². The molecule has 0 aliphatic rings. The Morgan fingerprint density at radius 3 is 2.60 bits per heavy atom. The standard InChI is InChI=1S/C22H19N3O5/c1-29-22(26)17-11-9-16(10-12-17)15-30-21-8-3-2-5-18(21)14-23-24-19-6-4-7-20(13-19)25(27)28/h2-14,24H,15H2,1H3. The van der Waals surface area contributed by atoms with Crippen LogP contribution in [0.15, 0.2) is 77.9 Å². The van der Waals surface area contributed by atoms with Crippen LogP contribution < -0.4 is 10.2 Å². The number of nitro groups is 1. The van der Waals surface area contributed by atoms with Crippen molar-refractivity contribution in [3.8, 4) is 5.75 Å². The molecule has 3 aromatic rings. The molecule has 0 bridgehead atoms. The Morgan fingerprint density at radius 2 is 1.87 bits per heavy atom. The molecule has 3 aromatic carbocycles. The molecule has 30 heavy (non-hydrogen) atoms. The summed E-state index contributed by atoms with van der Waals surface area (Å²) >= 11 is 0. The fourth-order valence-corrected chi connectivity index (χ4v) is 2.60. The molecule has 0 aliphatic heterocycles. The summed E-state index contributed by atoms with van der Waals surface area (Å²) in [6, 6.07) is 20.4. The summed E-state index contributed by atoms with van der Waals surface area (Å²) in [5, 5.41) is 15.0. The first-order valence-corrected chi connectivity index (χ1v) is 8.99. The zero-order chi connectivity index (χ0) is 21.3. The van der Waals surface area contributed by atoms with Crippen LogP contribution in [0.25, 0.3) is 0 Å². The van der Waals surface area contributed by atoms with E-state index in [1.807, 2.05) is 24.3 Å². The summed E-state index contributed by atoms with van der Waals surface area (Å²) in [5.41, 5.74) is 5.37. The molecule has 0 aromatic heterocycles. The number of anilines is 1. The van der Waals surface area contributed by atoms with Gasteiger partial charge in [0.15, 0.2) is 0 Å². The number of non-ortho nitro benzene ring substituents is 1. The number of hydrogen-bond acceptors (Lipinski definition) is 7. The average Bonchev–Trinajstić information content (AvgIpc) is 2.78. The normalized spacial score (nSPS) is 10.6. The molecule has 0 fully saturated rings. The van der Waals surface area contributed by atoms with Crippen molar-refractivity contribution < 1.29 is 19.2 Å². The zero-order valence-electron chi connectivity index (χ0n) is 16.1. The van der Waals surface area contributed by atoms with Crippen LogP contribution in [0.5, 0.6) is 5.75 Å². The number of nitro benzene ring substituents is 1. The molecular formula is C22H19N3O5. The van der Waals surface area contributed by atoms with E-state index in [0.717, 1.165) is 11.1 Å². The van der Waals surface area contributed by atoms with E-state index in [0.29, 0.717) is 23.6 Å².